The van der Waals surface area contributed by atoms with Gasteiger partial charge in [-0.25, -0.2) is 4.98 Å². The third-order valence-corrected chi connectivity index (χ3v) is 4.42. The van der Waals surface area contributed by atoms with E-state index in [0.29, 0.717) is 6.04 Å². The number of methoxy groups -OCH3 is 1. The molecule has 0 saturated heterocycles. The zero-order chi connectivity index (χ0) is 13.5. The smallest absolute Gasteiger partial charge is 0.311 e. The number of rotatable bonds is 7. The zero-order valence-corrected chi connectivity index (χ0v) is 12.9. The summed E-state index contributed by atoms with van der Waals surface area (Å²) >= 11 is 3.43. The molecule has 0 fully saturated rings. The van der Waals surface area contributed by atoms with Gasteiger partial charge in [0.05, 0.1) is 19.2 Å². The first kappa shape index (κ1) is 15.3. The van der Waals surface area contributed by atoms with Crippen molar-refractivity contribution in [2.45, 2.75) is 25.8 Å². The number of nitrogens with zero attached hydrogens (tertiary/aromatic N) is 2. The fourth-order valence-electron chi connectivity index (χ4n) is 1.43. The SMILES string of the molecule is COC(=O)Cc1csc(N(C)C(C)CCSC)n1. The third kappa shape index (κ3) is 4.49. The molecule has 1 atom stereocenters. The summed E-state index contributed by atoms with van der Waals surface area (Å²) in [6.07, 6.45) is 3.49. The predicted octanol–water partition coefficient (Wildman–Crippen LogP) is 2.44. The number of hydrogen-bond donors (Lipinski definition) is 0. The molecule has 0 saturated carbocycles. The van der Waals surface area contributed by atoms with E-state index in [1.165, 1.54) is 7.11 Å². The van der Waals surface area contributed by atoms with Crippen LogP contribution in [-0.2, 0) is 16.0 Å². The van der Waals surface area contributed by atoms with Crippen molar-refractivity contribution in [1.82, 2.24) is 4.98 Å². The predicted molar refractivity (Wildman–Crippen MR) is 78.7 cm³/mol. The van der Waals surface area contributed by atoms with Crippen LogP contribution < -0.4 is 4.90 Å². The van der Waals surface area contributed by atoms with Gasteiger partial charge >= 0.3 is 5.97 Å². The maximum Gasteiger partial charge on any atom is 0.311 e. The number of carbonyl (C=O) groups excluding carboxylic acids is 1. The lowest BCUT2D eigenvalue weighted by atomic mass is 10.2. The summed E-state index contributed by atoms with van der Waals surface area (Å²) in [5, 5.41) is 2.88. The van der Waals surface area contributed by atoms with Crippen LogP contribution in [0.1, 0.15) is 19.0 Å². The lowest BCUT2D eigenvalue weighted by Gasteiger charge is -2.23. The average Bonchev–Trinajstić information content (AvgIpc) is 2.83. The van der Waals surface area contributed by atoms with Crippen LogP contribution in [0.5, 0.6) is 0 Å². The molecule has 1 aromatic heterocycles. The number of thiazole rings is 1. The Balaban J connectivity index is 2.58. The van der Waals surface area contributed by atoms with Crippen molar-refractivity contribution < 1.29 is 9.53 Å². The number of ether oxygens (including phenoxy) is 1. The Bertz CT molecular complexity index is 382. The van der Waals surface area contributed by atoms with Gasteiger partial charge in [0, 0.05) is 18.5 Å². The van der Waals surface area contributed by atoms with E-state index < -0.39 is 0 Å². The molecule has 0 aliphatic rings. The van der Waals surface area contributed by atoms with Gasteiger partial charge in [-0.2, -0.15) is 11.8 Å². The number of aromatic nitrogens is 1. The largest absolute Gasteiger partial charge is 0.469 e. The minimum atomic E-state index is -0.245. The molecule has 0 spiro atoms. The molecule has 4 nitrogen and oxygen atoms in total. The van der Waals surface area contributed by atoms with E-state index in [0.717, 1.165) is 23.0 Å². The summed E-state index contributed by atoms with van der Waals surface area (Å²) in [5.41, 5.74) is 0.783. The van der Waals surface area contributed by atoms with Crippen LogP contribution in [0.3, 0.4) is 0 Å². The highest BCUT2D eigenvalue weighted by Gasteiger charge is 2.14. The quantitative estimate of drug-likeness (QED) is 0.721. The van der Waals surface area contributed by atoms with Crippen molar-refractivity contribution in [1.29, 1.82) is 0 Å². The Morgan fingerprint density at radius 2 is 2.39 bits per heavy atom. The van der Waals surface area contributed by atoms with E-state index in [-0.39, 0.29) is 12.4 Å². The molecule has 0 aromatic carbocycles. The Labute approximate surface area is 117 Å². The van der Waals surface area contributed by atoms with Crippen molar-refractivity contribution in [2.24, 2.45) is 0 Å². The van der Waals surface area contributed by atoms with Gasteiger partial charge in [-0.1, -0.05) is 0 Å². The van der Waals surface area contributed by atoms with E-state index in [2.05, 4.69) is 27.8 Å². The first-order valence-electron chi connectivity index (χ1n) is 5.81. The molecular weight excluding hydrogens is 268 g/mol. The van der Waals surface area contributed by atoms with E-state index in [1.54, 1.807) is 11.3 Å². The molecule has 0 N–H and O–H groups in total. The van der Waals surface area contributed by atoms with Crippen LogP contribution in [0.2, 0.25) is 0 Å². The molecule has 1 aromatic rings. The summed E-state index contributed by atoms with van der Waals surface area (Å²) in [4.78, 5) is 17.8. The molecule has 6 heteroatoms. The highest BCUT2D eigenvalue weighted by atomic mass is 32.2. The number of anilines is 1. The second kappa shape index (κ2) is 7.63. The molecule has 1 heterocycles. The molecule has 1 unspecified atom stereocenters. The van der Waals surface area contributed by atoms with Crippen molar-refractivity contribution in [3.8, 4) is 0 Å². The van der Waals surface area contributed by atoms with Crippen molar-refractivity contribution >= 4 is 34.2 Å². The molecule has 102 valence electrons. The summed E-state index contributed by atoms with van der Waals surface area (Å²) in [6.45, 7) is 2.19. The standard InChI is InChI=1S/C12H20N2O2S2/c1-9(5-6-17-4)14(2)12-13-10(8-18-12)7-11(15)16-3/h8-9H,5-7H2,1-4H3. The van der Waals surface area contributed by atoms with Crippen LogP contribution in [0.15, 0.2) is 5.38 Å². The topological polar surface area (TPSA) is 42.4 Å². The number of carbonyl (C=O) groups is 1. The van der Waals surface area contributed by atoms with Crippen LogP contribution in [0.25, 0.3) is 0 Å². The van der Waals surface area contributed by atoms with Crippen molar-refractivity contribution in [2.75, 3.05) is 31.1 Å². The highest BCUT2D eigenvalue weighted by Crippen LogP contribution is 2.22. The summed E-state index contributed by atoms with van der Waals surface area (Å²) in [6, 6.07) is 0.453. The maximum absolute atomic E-state index is 11.2. The molecule has 0 amide bonds. The Morgan fingerprint density at radius 3 is 3.00 bits per heavy atom. The maximum atomic E-state index is 11.2. The van der Waals surface area contributed by atoms with E-state index in [4.69, 9.17) is 0 Å². The molecule has 0 bridgehead atoms. The first-order valence-corrected chi connectivity index (χ1v) is 8.08. The minimum Gasteiger partial charge on any atom is -0.469 e. The zero-order valence-electron chi connectivity index (χ0n) is 11.3. The molecule has 0 radical (unpaired) electrons. The monoisotopic (exact) mass is 288 g/mol. The number of thioether (sulfide) groups is 1. The minimum absolute atomic E-state index is 0.245. The summed E-state index contributed by atoms with van der Waals surface area (Å²) in [5.74, 6) is 0.899. The lowest BCUT2D eigenvalue weighted by Crippen LogP contribution is -2.29. The van der Waals surface area contributed by atoms with Gasteiger partial charge in [-0.05, 0) is 25.4 Å². The van der Waals surface area contributed by atoms with Gasteiger partial charge in [0.2, 0.25) is 0 Å². The van der Waals surface area contributed by atoms with Gasteiger partial charge in [-0.3, -0.25) is 4.79 Å². The normalized spacial score (nSPS) is 12.2. The fourth-order valence-corrected chi connectivity index (χ4v) is 2.90. The Kier molecular flexibility index (Phi) is 6.49. The summed E-state index contributed by atoms with van der Waals surface area (Å²) in [7, 11) is 3.44. The molecule has 18 heavy (non-hydrogen) atoms. The fraction of sp³-hybridized carbons (Fsp3) is 0.667. The van der Waals surface area contributed by atoms with Crippen LogP contribution in [0, 0.1) is 0 Å². The second-order valence-corrected chi connectivity index (χ2v) is 5.94. The lowest BCUT2D eigenvalue weighted by molar-refractivity contribution is -0.139. The summed E-state index contributed by atoms with van der Waals surface area (Å²) < 4.78 is 4.63. The van der Waals surface area contributed by atoms with E-state index >= 15 is 0 Å². The Hall–Kier alpha value is -0.750. The van der Waals surface area contributed by atoms with Gasteiger partial charge in [-0.15, -0.1) is 11.3 Å². The molecule has 0 aliphatic carbocycles. The molecule has 1 rings (SSSR count). The van der Waals surface area contributed by atoms with Crippen LogP contribution in [0.4, 0.5) is 5.13 Å². The van der Waals surface area contributed by atoms with Gasteiger partial charge in [0.25, 0.3) is 0 Å². The Morgan fingerprint density at radius 1 is 1.67 bits per heavy atom. The van der Waals surface area contributed by atoms with Crippen molar-refractivity contribution in [3.63, 3.8) is 0 Å². The second-order valence-electron chi connectivity index (χ2n) is 4.12. The van der Waals surface area contributed by atoms with Gasteiger partial charge < -0.3 is 9.64 Å². The number of esters is 1. The van der Waals surface area contributed by atoms with Crippen LogP contribution >= 0.6 is 23.1 Å². The van der Waals surface area contributed by atoms with E-state index in [9.17, 15) is 4.79 Å². The third-order valence-electron chi connectivity index (χ3n) is 2.80. The highest BCUT2D eigenvalue weighted by molar-refractivity contribution is 7.98. The number of hydrogen-bond acceptors (Lipinski definition) is 6. The average molecular weight is 288 g/mol. The van der Waals surface area contributed by atoms with Gasteiger partial charge in [0.15, 0.2) is 5.13 Å². The molecule has 0 aliphatic heterocycles. The van der Waals surface area contributed by atoms with E-state index in [1.807, 2.05) is 24.2 Å². The first-order chi connectivity index (χ1) is 8.58. The van der Waals surface area contributed by atoms with Gasteiger partial charge in [0.1, 0.15) is 0 Å². The molecular formula is C12H20N2O2S2. The van der Waals surface area contributed by atoms with Crippen molar-refractivity contribution in [3.05, 3.63) is 11.1 Å². The van der Waals surface area contributed by atoms with Crippen LogP contribution in [-0.4, -0.2) is 43.2 Å².